The van der Waals surface area contributed by atoms with Crippen LogP contribution in [-0.2, 0) is 4.79 Å². The van der Waals surface area contributed by atoms with E-state index in [4.69, 9.17) is 0 Å². The van der Waals surface area contributed by atoms with Gasteiger partial charge in [0.2, 0.25) is 5.91 Å². The molecule has 14 heavy (non-hydrogen) atoms. The third-order valence-electron chi connectivity index (χ3n) is 3.34. The van der Waals surface area contributed by atoms with Gasteiger partial charge in [0.25, 0.3) is 0 Å². The number of carbonyl (C=O) groups is 1. The molecule has 1 heterocycles. The zero-order valence-corrected chi connectivity index (χ0v) is 9.18. The van der Waals surface area contributed by atoms with Crippen molar-refractivity contribution >= 4 is 5.91 Å². The van der Waals surface area contributed by atoms with Gasteiger partial charge in [0.05, 0.1) is 0 Å². The molecule has 1 aliphatic heterocycles. The molecule has 0 aromatic carbocycles. The molecule has 0 spiro atoms. The van der Waals surface area contributed by atoms with Gasteiger partial charge >= 0.3 is 0 Å². The molecular weight excluding hydrogens is 176 g/mol. The number of nitrogens with zero attached hydrogens (tertiary/aromatic N) is 1. The highest BCUT2D eigenvalue weighted by Crippen LogP contribution is 2.29. The van der Waals surface area contributed by atoms with Crippen molar-refractivity contribution < 1.29 is 4.79 Å². The quantitative estimate of drug-likeness (QED) is 0.678. The molecule has 1 saturated carbocycles. The SMILES string of the molecule is CC1(C)CN(C(=O)C2CCC2)CCN1. The average molecular weight is 196 g/mol. The summed E-state index contributed by atoms with van der Waals surface area (Å²) < 4.78 is 0. The van der Waals surface area contributed by atoms with Crippen LogP contribution in [0.25, 0.3) is 0 Å². The van der Waals surface area contributed by atoms with Crippen LogP contribution in [0.4, 0.5) is 0 Å². The van der Waals surface area contributed by atoms with Gasteiger partial charge in [-0.05, 0) is 26.7 Å². The summed E-state index contributed by atoms with van der Waals surface area (Å²) in [5, 5.41) is 3.42. The highest BCUT2D eigenvalue weighted by Gasteiger charge is 2.34. The number of piperazine rings is 1. The fourth-order valence-electron chi connectivity index (χ4n) is 2.24. The van der Waals surface area contributed by atoms with E-state index in [0.29, 0.717) is 11.8 Å². The fraction of sp³-hybridized carbons (Fsp3) is 0.909. The molecule has 1 N–H and O–H groups in total. The van der Waals surface area contributed by atoms with E-state index < -0.39 is 0 Å². The minimum Gasteiger partial charge on any atom is -0.339 e. The monoisotopic (exact) mass is 196 g/mol. The van der Waals surface area contributed by atoms with Crippen molar-refractivity contribution in [3.8, 4) is 0 Å². The summed E-state index contributed by atoms with van der Waals surface area (Å²) in [6.07, 6.45) is 3.47. The maximum Gasteiger partial charge on any atom is 0.225 e. The molecule has 80 valence electrons. The molecule has 2 aliphatic rings. The maximum atomic E-state index is 12.0. The fourth-order valence-corrected chi connectivity index (χ4v) is 2.24. The van der Waals surface area contributed by atoms with E-state index in [9.17, 15) is 4.79 Å². The minimum atomic E-state index is 0.0949. The van der Waals surface area contributed by atoms with Crippen molar-refractivity contribution in [3.63, 3.8) is 0 Å². The Morgan fingerprint density at radius 3 is 2.64 bits per heavy atom. The molecule has 0 unspecified atom stereocenters. The zero-order chi connectivity index (χ0) is 10.2. The Bertz CT molecular complexity index is 233. The average Bonchev–Trinajstić information content (AvgIpc) is 1.99. The number of hydrogen-bond donors (Lipinski definition) is 1. The molecule has 2 rings (SSSR count). The van der Waals surface area contributed by atoms with Crippen LogP contribution in [-0.4, -0.2) is 36.0 Å². The Morgan fingerprint density at radius 2 is 2.14 bits per heavy atom. The Balaban J connectivity index is 1.93. The molecule has 0 aromatic rings. The van der Waals surface area contributed by atoms with Crippen LogP contribution in [0.5, 0.6) is 0 Å². The Kier molecular flexibility index (Phi) is 2.52. The highest BCUT2D eigenvalue weighted by molar-refractivity contribution is 5.79. The van der Waals surface area contributed by atoms with Gasteiger partial charge in [-0.1, -0.05) is 6.42 Å². The number of rotatable bonds is 1. The molecule has 0 bridgehead atoms. The predicted molar refractivity (Wildman–Crippen MR) is 56.0 cm³/mol. The summed E-state index contributed by atoms with van der Waals surface area (Å²) in [4.78, 5) is 14.0. The first-order valence-electron chi connectivity index (χ1n) is 5.62. The summed E-state index contributed by atoms with van der Waals surface area (Å²) in [6.45, 7) is 7.01. The Morgan fingerprint density at radius 1 is 1.43 bits per heavy atom. The standard InChI is InChI=1S/C11H20N2O/c1-11(2)8-13(7-6-12-11)10(14)9-4-3-5-9/h9,12H,3-8H2,1-2H3. The Labute approximate surface area is 85.8 Å². The molecule has 3 heteroatoms. The second-order valence-corrected chi connectivity index (χ2v) is 5.20. The molecular formula is C11H20N2O. The number of carbonyl (C=O) groups excluding carboxylic acids is 1. The van der Waals surface area contributed by atoms with Crippen molar-refractivity contribution in [2.45, 2.75) is 38.6 Å². The second-order valence-electron chi connectivity index (χ2n) is 5.20. The van der Waals surface area contributed by atoms with Crippen LogP contribution in [0.15, 0.2) is 0 Å². The van der Waals surface area contributed by atoms with E-state index in [1.54, 1.807) is 0 Å². The van der Waals surface area contributed by atoms with Crippen molar-refractivity contribution in [2.24, 2.45) is 5.92 Å². The van der Waals surface area contributed by atoms with Gasteiger partial charge < -0.3 is 10.2 Å². The lowest BCUT2D eigenvalue weighted by atomic mass is 9.84. The van der Waals surface area contributed by atoms with E-state index in [-0.39, 0.29) is 5.54 Å². The van der Waals surface area contributed by atoms with E-state index in [0.717, 1.165) is 32.5 Å². The third kappa shape index (κ3) is 1.92. The molecule has 1 amide bonds. The molecule has 0 aromatic heterocycles. The first kappa shape index (κ1) is 9.97. The maximum absolute atomic E-state index is 12.0. The van der Waals surface area contributed by atoms with Gasteiger partial charge in [-0.25, -0.2) is 0 Å². The van der Waals surface area contributed by atoms with E-state index in [1.165, 1.54) is 6.42 Å². The van der Waals surface area contributed by atoms with Crippen LogP contribution >= 0.6 is 0 Å². The highest BCUT2D eigenvalue weighted by atomic mass is 16.2. The number of hydrogen-bond acceptors (Lipinski definition) is 2. The minimum absolute atomic E-state index is 0.0949. The molecule has 0 atom stereocenters. The summed E-state index contributed by atoms with van der Waals surface area (Å²) in [5.41, 5.74) is 0.0949. The van der Waals surface area contributed by atoms with Gasteiger partial charge in [-0.2, -0.15) is 0 Å². The number of nitrogens with one attached hydrogen (secondary N) is 1. The summed E-state index contributed by atoms with van der Waals surface area (Å²) in [6, 6.07) is 0. The summed E-state index contributed by atoms with van der Waals surface area (Å²) >= 11 is 0. The third-order valence-corrected chi connectivity index (χ3v) is 3.34. The lowest BCUT2D eigenvalue weighted by Gasteiger charge is -2.41. The van der Waals surface area contributed by atoms with Crippen LogP contribution in [0, 0.1) is 5.92 Å². The second kappa shape index (κ2) is 3.54. The lowest BCUT2D eigenvalue weighted by Crippen LogP contribution is -2.59. The van der Waals surface area contributed by atoms with Crippen molar-refractivity contribution in [1.29, 1.82) is 0 Å². The summed E-state index contributed by atoms with van der Waals surface area (Å²) in [7, 11) is 0. The van der Waals surface area contributed by atoms with Crippen LogP contribution < -0.4 is 5.32 Å². The smallest absolute Gasteiger partial charge is 0.225 e. The molecule has 1 saturated heterocycles. The van der Waals surface area contributed by atoms with Crippen LogP contribution in [0.2, 0.25) is 0 Å². The molecule has 0 radical (unpaired) electrons. The Hall–Kier alpha value is -0.570. The normalized spacial score (nSPS) is 27.1. The zero-order valence-electron chi connectivity index (χ0n) is 9.18. The molecule has 1 aliphatic carbocycles. The van der Waals surface area contributed by atoms with E-state index >= 15 is 0 Å². The molecule has 3 nitrogen and oxygen atoms in total. The van der Waals surface area contributed by atoms with Crippen molar-refractivity contribution in [3.05, 3.63) is 0 Å². The largest absolute Gasteiger partial charge is 0.339 e. The summed E-state index contributed by atoms with van der Waals surface area (Å²) in [5.74, 6) is 0.745. The van der Waals surface area contributed by atoms with Gasteiger partial charge in [-0.3, -0.25) is 4.79 Å². The topological polar surface area (TPSA) is 32.3 Å². The van der Waals surface area contributed by atoms with Crippen LogP contribution in [0.3, 0.4) is 0 Å². The van der Waals surface area contributed by atoms with Gasteiger partial charge in [0.15, 0.2) is 0 Å². The first-order chi connectivity index (χ1) is 6.58. The lowest BCUT2D eigenvalue weighted by molar-refractivity contribution is -0.140. The van der Waals surface area contributed by atoms with Crippen molar-refractivity contribution in [2.75, 3.05) is 19.6 Å². The predicted octanol–water partition coefficient (Wildman–Crippen LogP) is 0.997. The van der Waals surface area contributed by atoms with E-state index in [1.807, 2.05) is 4.90 Å². The van der Waals surface area contributed by atoms with Crippen molar-refractivity contribution in [1.82, 2.24) is 10.2 Å². The van der Waals surface area contributed by atoms with Crippen LogP contribution in [0.1, 0.15) is 33.1 Å². The van der Waals surface area contributed by atoms with Gasteiger partial charge in [0, 0.05) is 31.1 Å². The van der Waals surface area contributed by atoms with Gasteiger partial charge in [-0.15, -0.1) is 0 Å². The molecule has 2 fully saturated rings. The number of amides is 1. The first-order valence-corrected chi connectivity index (χ1v) is 5.62. The van der Waals surface area contributed by atoms with E-state index in [2.05, 4.69) is 19.2 Å². The van der Waals surface area contributed by atoms with Gasteiger partial charge in [0.1, 0.15) is 0 Å².